The molecule has 9 heteroatoms. The Morgan fingerprint density at radius 1 is 1.08 bits per heavy atom. The number of methoxy groups -OCH3 is 3. The molecule has 1 heterocycles. The number of ether oxygens (including phenoxy) is 3. The van der Waals surface area contributed by atoms with Gasteiger partial charge in [0.1, 0.15) is 11.5 Å². The Kier molecular flexibility index (Phi) is 12.1. The Balaban J connectivity index is 1.83. The standard InChI is InChI=1S/C30H46N4O5/c1-21(2)20-34-25(29-26(38-4)12-9-13-27(29)39-5)19-24(33-34)30(36)32-23(18-28(35)31-16-17-37-3)15-14-22-10-7-6-8-11-22/h9,12-13,19,21-23H,6-8,10-11,14-18,20H2,1-5H3,(H,31,35)(H,32,36). The second-order valence-electron chi connectivity index (χ2n) is 10.8. The zero-order valence-electron chi connectivity index (χ0n) is 24.3. The summed E-state index contributed by atoms with van der Waals surface area (Å²) in [7, 11) is 4.83. The summed E-state index contributed by atoms with van der Waals surface area (Å²) in [5.74, 6) is 1.87. The minimum absolute atomic E-state index is 0.0919. The van der Waals surface area contributed by atoms with E-state index in [-0.39, 0.29) is 24.3 Å². The van der Waals surface area contributed by atoms with Crippen LogP contribution in [0.25, 0.3) is 11.3 Å². The van der Waals surface area contributed by atoms with Gasteiger partial charge in [-0.1, -0.05) is 52.0 Å². The molecule has 1 aromatic heterocycles. The number of carbonyl (C=O) groups is 2. The van der Waals surface area contributed by atoms with Crippen LogP contribution in [0.4, 0.5) is 0 Å². The van der Waals surface area contributed by atoms with Gasteiger partial charge in [-0.15, -0.1) is 0 Å². The van der Waals surface area contributed by atoms with Crippen molar-refractivity contribution in [3.05, 3.63) is 30.0 Å². The number of nitrogens with zero attached hydrogens (tertiary/aromatic N) is 2. The highest BCUT2D eigenvalue weighted by Gasteiger charge is 2.25. The minimum Gasteiger partial charge on any atom is -0.496 e. The number of amides is 2. The molecule has 1 aromatic carbocycles. The van der Waals surface area contributed by atoms with Crippen LogP contribution in [0.5, 0.6) is 11.5 Å². The molecule has 216 valence electrons. The van der Waals surface area contributed by atoms with Gasteiger partial charge in [0.15, 0.2) is 5.69 Å². The van der Waals surface area contributed by atoms with E-state index >= 15 is 0 Å². The Labute approximate surface area is 233 Å². The molecule has 1 aliphatic rings. The largest absolute Gasteiger partial charge is 0.496 e. The van der Waals surface area contributed by atoms with Crippen molar-refractivity contribution in [1.82, 2.24) is 20.4 Å². The smallest absolute Gasteiger partial charge is 0.272 e. The first-order valence-electron chi connectivity index (χ1n) is 14.2. The Hall–Kier alpha value is -3.07. The lowest BCUT2D eigenvalue weighted by molar-refractivity contribution is -0.121. The first-order chi connectivity index (χ1) is 18.9. The van der Waals surface area contributed by atoms with Crippen molar-refractivity contribution in [2.24, 2.45) is 11.8 Å². The second kappa shape index (κ2) is 15.5. The molecule has 0 spiro atoms. The second-order valence-corrected chi connectivity index (χ2v) is 10.8. The predicted octanol–water partition coefficient (Wildman–Crippen LogP) is 4.83. The van der Waals surface area contributed by atoms with E-state index in [2.05, 4.69) is 24.5 Å². The molecule has 1 atom stereocenters. The van der Waals surface area contributed by atoms with Crippen LogP contribution in [-0.2, 0) is 16.1 Å². The maximum absolute atomic E-state index is 13.5. The molecule has 2 aromatic rings. The van der Waals surface area contributed by atoms with Crippen molar-refractivity contribution in [2.75, 3.05) is 34.5 Å². The van der Waals surface area contributed by atoms with Gasteiger partial charge in [-0.2, -0.15) is 5.10 Å². The summed E-state index contributed by atoms with van der Waals surface area (Å²) in [6, 6.07) is 7.12. The fourth-order valence-corrected chi connectivity index (χ4v) is 5.30. The zero-order chi connectivity index (χ0) is 28.2. The van der Waals surface area contributed by atoms with Gasteiger partial charge >= 0.3 is 0 Å². The van der Waals surface area contributed by atoms with Crippen molar-refractivity contribution >= 4 is 11.8 Å². The van der Waals surface area contributed by atoms with E-state index in [0.717, 1.165) is 24.1 Å². The van der Waals surface area contributed by atoms with Crippen molar-refractivity contribution in [2.45, 2.75) is 77.8 Å². The molecule has 39 heavy (non-hydrogen) atoms. The first kappa shape index (κ1) is 30.5. The molecule has 9 nitrogen and oxygen atoms in total. The van der Waals surface area contributed by atoms with E-state index in [1.807, 2.05) is 22.9 Å². The summed E-state index contributed by atoms with van der Waals surface area (Å²) in [5.41, 5.74) is 1.81. The highest BCUT2D eigenvalue weighted by atomic mass is 16.5. The van der Waals surface area contributed by atoms with Crippen LogP contribution in [-0.4, -0.2) is 62.1 Å². The maximum atomic E-state index is 13.5. The summed E-state index contributed by atoms with van der Waals surface area (Å²) in [6.07, 6.45) is 8.27. The van der Waals surface area contributed by atoms with E-state index in [0.29, 0.717) is 48.7 Å². The quantitative estimate of drug-likeness (QED) is 0.312. The minimum atomic E-state index is -0.286. The van der Waals surface area contributed by atoms with Crippen LogP contribution in [0.2, 0.25) is 0 Å². The number of rotatable bonds is 15. The van der Waals surface area contributed by atoms with Gasteiger partial charge in [-0.05, 0) is 42.9 Å². The number of hydrogen-bond acceptors (Lipinski definition) is 6. The van der Waals surface area contributed by atoms with E-state index in [1.54, 1.807) is 27.4 Å². The molecule has 0 aliphatic heterocycles. The molecule has 1 fully saturated rings. The van der Waals surface area contributed by atoms with Gasteiger partial charge in [0.2, 0.25) is 5.91 Å². The average molecular weight is 543 g/mol. The number of carbonyl (C=O) groups excluding carboxylic acids is 2. The first-order valence-corrected chi connectivity index (χ1v) is 14.2. The topological polar surface area (TPSA) is 104 Å². The van der Waals surface area contributed by atoms with Gasteiger partial charge in [0.05, 0.1) is 32.1 Å². The third-order valence-corrected chi connectivity index (χ3v) is 7.28. The van der Waals surface area contributed by atoms with Crippen LogP contribution in [0.15, 0.2) is 24.3 Å². The van der Waals surface area contributed by atoms with Gasteiger partial charge < -0.3 is 24.8 Å². The van der Waals surface area contributed by atoms with Crippen molar-refractivity contribution in [3.63, 3.8) is 0 Å². The summed E-state index contributed by atoms with van der Waals surface area (Å²) < 4.78 is 18.2. The van der Waals surface area contributed by atoms with E-state index in [1.165, 1.54) is 32.1 Å². The molecule has 2 N–H and O–H groups in total. The van der Waals surface area contributed by atoms with Crippen LogP contribution in [0.1, 0.15) is 75.7 Å². The summed E-state index contributed by atoms with van der Waals surface area (Å²) in [4.78, 5) is 26.2. The summed E-state index contributed by atoms with van der Waals surface area (Å²) in [5, 5.41) is 10.7. The SMILES string of the molecule is COCCNC(=O)CC(CCC1CCCCC1)NC(=O)c1cc(-c2c(OC)cccc2OC)n(CC(C)C)n1. The normalized spacial score (nSPS) is 14.7. The third kappa shape index (κ3) is 8.98. The lowest BCUT2D eigenvalue weighted by atomic mass is 9.85. The summed E-state index contributed by atoms with van der Waals surface area (Å²) in [6.45, 7) is 5.73. The van der Waals surface area contributed by atoms with Gasteiger partial charge in [-0.3, -0.25) is 14.3 Å². The highest BCUT2D eigenvalue weighted by molar-refractivity contribution is 5.94. The van der Waals surface area contributed by atoms with Crippen LogP contribution < -0.4 is 20.1 Å². The van der Waals surface area contributed by atoms with Gasteiger partial charge in [-0.25, -0.2) is 0 Å². The number of hydrogen-bond donors (Lipinski definition) is 2. The molecule has 1 unspecified atom stereocenters. The maximum Gasteiger partial charge on any atom is 0.272 e. The van der Waals surface area contributed by atoms with Crippen LogP contribution >= 0.6 is 0 Å². The van der Waals surface area contributed by atoms with Gasteiger partial charge in [0, 0.05) is 32.7 Å². The van der Waals surface area contributed by atoms with Crippen molar-refractivity contribution in [3.8, 4) is 22.8 Å². The molecular formula is C30H46N4O5. The molecule has 0 radical (unpaired) electrons. The third-order valence-electron chi connectivity index (χ3n) is 7.28. The molecule has 0 saturated heterocycles. The Morgan fingerprint density at radius 3 is 2.38 bits per heavy atom. The molecule has 3 rings (SSSR count). The van der Waals surface area contributed by atoms with E-state index in [4.69, 9.17) is 19.3 Å². The Bertz CT molecular complexity index is 1040. The van der Waals surface area contributed by atoms with Crippen LogP contribution in [0.3, 0.4) is 0 Å². The van der Waals surface area contributed by atoms with Gasteiger partial charge in [0.25, 0.3) is 5.91 Å². The highest BCUT2D eigenvalue weighted by Crippen LogP contribution is 2.39. The molecule has 1 saturated carbocycles. The van der Waals surface area contributed by atoms with Crippen LogP contribution in [0, 0.1) is 11.8 Å². The molecule has 2 amide bonds. The Morgan fingerprint density at radius 2 is 1.77 bits per heavy atom. The average Bonchev–Trinajstić information content (AvgIpc) is 3.34. The zero-order valence-corrected chi connectivity index (χ0v) is 24.3. The lowest BCUT2D eigenvalue weighted by Gasteiger charge is -2.24. The van der Waals surface area contributed by atoms with Crippen molar-refractivity contribution in [1.29, 1.82) is 0 Å². The lowest BCUT2D eigenvalue weighted by Crippen LogP contribution is -2.40. The fourth-order valence-electron chi connectivity index (χ4n) is 5.30. The molecule has 0 bridgehead atoms. The summed E-state index contributed by atoms with van der Waals surface area (Å²) >= 11 is 0. The molecular weight excluding hydrogens is 496 g/mol. The van der Waals surface area contributed by atoms with Crippen molar-refractivity contribution < 1.29 is 23.8 Å². The van der Waals surface area contributed by atoms with E-state index in [9.17, 15) is 9.59 Å². The number of aromatic nitrogens is 2. The monoisotopic (exact) mass is 542 g/mol. The fraction of sp³-hybridized carbons (Fsp3) is 0.633. The molecule has 1 aliphatic carbocycles. The van der Waals surface area contributed by atoms with E-state index < -0.39 is 0 Å². The number of benzene rings is 1. The predicted molar refractivity (Wildman–Crippen MR) is 152 cm³/mol. The number of nitrogens with one attached hydrogen (secondary N) is 2.